The van der Waals surface area contributed by atoms with Crippen LogP contribution in [0.25, 0.3) is 0 Å². The zero-order valence-electron chi connectivity index (χ0n) is 6.74. The molecule has 0 atom stereocenters. The molecule has 1 aromatic heterocycles. The lowest BCUT2D eigenvalue weighted by Crippen LogP contribution is -2.22. The van der Waals surface area contributed by atoms with E-state index in [1.807, 2.05) is 6.92 Å². The van der Waals surface area contributed by atoms with Gasteiger partial charge < -0.3 is 0 Å². The largest absolute Gasteiger partial charge is 0.364 e. The first-order chi connectivity index (χ1) is 5.11. The summed E-state index contributed by atoms with van der Waals surface area (Å²) in [7, 11) is 1.78. The summed E-state index contributed by atoms with van der Waals surface area (Å²) in [5.41, 5.74) is 0.714. The predicted molar refractivity (Wildman–Crippen MR) is 42.3 cm³/mol. The lowest BCUT2D eigenvalue weighted by Gasteiger charge is -2.03. The fourth-order valence-electron chi connectivity index (χ4n) is 0.832. The quantitative estimate of drug-likeness (QED) is 0.568. The van der Waals surface area contributed by atoms with Crippen molar-refractivity contribution in [3.63, 3.8) is 0 Å². The molecule has 0 bridgehead atoms. The van der Waals surface area contributed by atoms with Crippen molar-refractivity contribution in [1.82, 2.24) is 14.3 Å². The first-order valence-corrected chi connectivity index (χ1v) is 3.34. The van der Waals surface area contributed by atoms with Crippen LogP contribution in [0.15, 0.2) is 23.3 Å². The minimum Gasteiger partial charge on any atom is -0.273 e. The Hall–Kier alpha value is -1.32. The third-order valence-electron chi connectivity index (χ3n) is 1.36. The molecule has 1 rings (SSSR count). The van der Waals surface area contributed by atoms with Gasteiger partial charge in [0.05, 0.1) is 6.54 Å². The summed E-state index contributed by atoms with van der Waals surface area (Å²) in [5, 5.41) is 0. The molecule has 0 aliphatic heterocycles. The topological polar surface area (TPSA) is 39.8 Å². The average molecular weight is 153 g/mol. The Morgan fingerprint density at radius 3 is 2.82 bits per heavy atom. The highest BCUT2D eigenvalue weighted by molar-refractivity contribution is 4.88. The molecule has 0 radical (unpaired) electrons. The van der Waals surface area contributed by atoms with Crippen molar-refractivity contribution in [1.29, 1.82) is 0 Å². The fraction of sp³-hybridized carbons (Fsp3) is 0.429. The number of aryl methyl sites for hydroxylation is 1. The van der Waals surface area contributed by atoms with Gasteiger partial charge in [-0.3, -0.25) is 4.68 Å². The monoisotopic (exact) mass is 153 g/mol. The standard InChI is InChI=1S/C7H11N3O/c1-6(2)4-10-7(11)8-5-9(10)3/h5H,1,4H2,2-3H3. The van der Waals surface area contributed by atoms with Crippen molar-refractivity contribution in [3.05, 3.63) is 29.0 Å². The fourth-order valence-corrected chi connectivity index (χ4v) is 0.832. The lowest BCUT2D eigenvalue weighted by molar-refractivity contribution is 0.531. The van der Waals surface area contributed by atoms with E-state index >= 15 is 0 Å². The molecular weight excluding hydrogens is 142 g/mol. The second-order valence-electron chi connectivity index (χ2n) is 2.62. The maximum absolute atomic E-state index is 11.0. The summed E-state index contributed by atoms with van der Waals surface area (Å²) in [6.45, 7) is 6.12. The van der Waals surface area contributed by atoms with Crippen LogP contribution in [0, 0.1) is 0 Å². The smallest absolute Gasteiger partial charge is 0.273 e. The summed E-state index contributed by atoms with van der Waals surface area (Å²) in [6.07, 6.45) is 1.49. The Balaban J connectivity index is 3.01. The van der Waals surface area contributed by atoms with Gasteiger partial charge in [-0.25, -0.2) is 9.48 Å². The van der Waals surface area contributed by atoms with E-state index in [0.717, 1.165) is 5.57 Å². The molecule has 0 amide bonds. The predicted octanol–water partition coefficient (Wildman–Crippen LogP) is 0.158. The Morgan fingerprint density at radius 2 is 2.45 bits per heavy atom. The molecule has 0 aliphatic rings. The van der Waals surface area contributed by atoms with E-state index in [1.54, 1.807) is 11.7 Å². The second-order valence-corrected chi connectivity index (χ2v) is 2.62. The summed E-state index contributed by atoms with van der Waals surface area (Å²) in [5.74, 6) is 0. The molecular formula is C7H11N3O. The third-order valence-corrected chi connectivity index (χ3v) is 1.36. The van der Waals surface area contributed by atoms with Crippen LogP contribution >= 0.6 is 0 Å². The van der Waals surface area contributed by atoms with Gasteiger partial charge in [-0.05, 0) is 6.92 Å². The van der Waals surface area contributed by atoms with Crippen molar-refractivity contribution in [3.8, 4) is 0 Å². The van der Waals surface area contributed by atoms with E-state index in [1.165, 1.54) is 11.0 Å². The van der Waals surface area contributed by atoms with Crippen LogP contribution < -0.4 is 5.69 Å². The highest BCUT2D eigenvalue weighted by Gasteiger charge is 1.99. The maximum atomic E-state index is 11.0. The van der Waals surface area contributed by atoms with E-state index < -0.39 is 0 Å². The summed E-state index contributed by atoms with van der Waals surface area (Å²) >= 11 is 0. The molecule has 0 saturated carbocycles. The molecule has 1 aromatic rings. The van der Waals surface area contributed by atoms with Crippen LogP contribution in [0.5, 0.6) is 0 Å². The van der Waals surface area contributed by atoms with Crippen molar-refractivity contribution in [2.75, 3.05) is 0 Å². The zero-order chi connectivity index (χ0) is 8.43. The molecule has 4 nitrogen and oxygen atoms in total. The molecule has 0 aromatic carbocycles. The Labute approximate surface area is 64.8 Å². The van der Waals surface area contributed by atoms with Crippen LogP contribution in [0.2, 0.25) is 0 Å². The number of hydrogen-bond acceptors (Lipinski definition) is 2. The van der Waals surface area contributed by atoms with E-state index in [4.69, 9.17) is 0 Å². The average Bonchev–Trinajstić information content (AvgIpc) is 2.18. The summed E-state index contributed by atoms with van der Waals surface area (Å²) in [6, 6.07) is 0. The third kappa shape index (κ3) is 1.58. The molecule has 60 valence electrons. The molecule has 0 spiro atoms. The van der Waals surface area contributed by atoms with Crippen molar-refractivity contribution in [2.45, 2.75) is 13.5 Å². The molecule has 0 unspecified atom stereocenters. The van der Waals surface area contributed by atoms with Crippen molar-refractivity contribution >= 4 is 0 Å². The zero-order valence-corrected chi connectivity index (χ0v) is 6.74. The highest BCUT2D eigenvalue weighted by Crippen LogP contribution is 1.89. The Kier molecular flexibility index (Phi) is 1.94. The van der Waals surface area contributed by atoms with Crippen LogP contribution in [-0.2, 0) is 13.6 Å². The molecule has 1 heterocycles. The molecule has 0 N–H and O–H groups in total. The van der Waals surface area contributed by atoms with Gasteiger partial charge in [-0.1, -0.05) is 12.2 Å². The van der Waals surface area contributed by atoms with Gasteiger partial charge in [0.25, 0.3) is 0 Å². The van der Waals surface area contributed by atoms with Crippen molar-refractivity contribution < 1.29 is 0 Å². The number of nitrogens with zero attached hydrogens (tertiary/aromatic N) is 3. The van der Waals surface area contributed by atoms with Crippen LogP contribution in [0.3, 0.4) is 0 Å². The molecule has 0 fully saturated rings. The minimum atomic E-state index is -0.226. The van der Waals surface area contributed by atoms with Crippen LogP contribution in [0.1, 0.15) is 6.92 Å². The van der Waals surface area contributed by atoms with Gasteiger partial charge in [-0.15, -0.1) is 0 Å². The van der Waals surface area contributed by atoms with Crippen molar-refractivity contribution in [2.24, 2.45) is 7.05 Å². The van der Waals surface area contributed by atoms with E-state index in [2.05, 4.69) is 11.6 Å². The normalized spacial score (nSPS) is 10.0. The first kappa shape index (κ1) is 7.78. The second kappa shape index (κ2) is 2.74. The number of aromatic nitrogens is 3. The summed E-state index contributed by atoms with van der Waals surface area (Å²) < 4.78 is 3.17. The first-order valence-electron chi connectivity index (χ1n) is 3.34. The minimum absolute atomic E-state index is 0.226. The van der Waals surface area contributed by atoms with Gasteiger partial charge >= 0.3 is 5.69 Å². The summed E-state index contributed by atoms with van der Waals surface area (Å²) in [4.78, 5) is 14.6. The van der Waals surface area contributed by atoms with Gasteiger partial charge in [0.2, 0.25) is 0 Å². The van der Waals surface area contributed by atoms with Crippen LogP contribution in [0.4, 0.5) is 0 Å². The maximum Gasteiger partial charge on any atom is 0.364 e. The van der Waals surface area contributed by atoms with E-state index in [9.17, 15) is 4.79 Å². The SMILES string of the molecule is C=C(C)Cn1c(=O)ncn1C. The highest BCUT2D eigenvalue weighted by atomic mass is 16.2. The number of hydrogen-bond donors (Lipinski definition) is 0. The molecule has 11 heavy (non-hydrogen) atoms. The van der Waals surface area contributed by atoms with Gasteiger partial charge in [0, 0.05) is 7.05 Å². The molecule has 4 heteroatoms. The van der Waals surface area contributed by atoms with Gasteiger partial charge in [0.15, 0.2) is 0 Å². The van der Waals surface area contributed by atoms with Gasteiger partial charge in [-0.2, -0.15) is 4.98 Å². The van der Waals surface area contributed by atoms with Gasteiger partial charge in [0.1, 0.15) is 6.33 Å². The Morgan fingerprint density at radius 1 is 1.82 bits per heavy atom. The lowest BCUT2D eigenvalue weighted by atomic mass is 10.4. The Bertz CT molecular complexity index is 321. The van der Waals surface area contributed by atoms with Crippen LogP contribution in [-0.4, -0.2) is 14.3 Å². The number of rotatable bonds is 2. The number of allylic oxidation sites excluding steroid dienone is 1. The molecule has 0 saturated heterocycles. The van der Waals surface area contributed by atoms with E-state index in [0.29, 0.717) is 6.54 Å². The molecule has 0 aliphatic carbocycles. The van der Waals surface area contributed by atoms with E-state index in [-0.39, 0.29) is 5.69 Å².